The van der Waals surface area contributed by atoms with Gasteiger partial charge in [0.2, 0.25) is 5.91 Å². The normalized spacial score (nSPS) is 17.7. The van der Waals surface area contributed by atoms with Crippen molar-refractivity contribution in [3.8, 4) is 0 Å². The van der Waals surface area contributed by atoms with Gasteiger partial charge in [0.15, 0.2) is 0 Å². The molecule has 2 aliphatic rings. The third-order valence-corrected chi connectivity index (χ3v) is 7.45. The molecule has 32 heavy (non-hydrogen) atoms. The van der Waals surface area contributed by atoms with Gasteiger partial charge in [-0.15, -0.1) is 11.3 Å². The average Bonchev–Trinajstić information content (AvgIpc) is 3.22. The van der Waals surface area contributed by atoms with E-state index in [4.69, 9.17) is 11.6 Å². The highest BCUT2D eigenvalue weighted by molar-refractivity contribution is 7.12. The van der Waals surface area contributed by atoms with Crippen molar-refractivity contribution in [2.75, 3.05) is 31.5 Å². The maximum Gasteiger partial charge on any atom is 0.265 e. The lowest BCUT2D eigenvalue weighted by Crippen LogP contribution is -2.44. The Hall–Kier alpha value is -2.38. The van der Waals surface area contributed by atoms with Crippen LogP contribution >= 0.6 is 22.9 Å². The Morgan fingerprint density at radius 3 is 2.31 bits per heavy atom. The molecule has 1 aromatic heterocycles. The van der Waals surface area contributed by atoms with Crippen molar-refractivity contribution in [3.05, 3.63) is 51.2 Å². The van der Waals surface area contributed by atoms with E-state index in [9.17, 15) is 14.4 Å². The SMILES string of the molecule is O=C(Nc1cc(C(=O)N2CCC(C(=O)N3CCCCCC3)CC2)ccc1Cl)c1cccs1. The number of halogens is 1. The summed E-state index contributed by atoms with van der Waals surface area (Å²) in [5, 5.41) is 5.01. The topological polar surface area (TPSA) is 69.7 Å². The number of rotatable bonds is 4. The van der Waals surface area contributed by atoms with Gasteiger partial charge < -0.3 is 15.1 Å². The zero-order valence-corrected chi connectivity index (χ0v) is 19.6. The quantitative estimate of drug-likeness (QED) is 0.686. The third-order valence-electron chi connectivity index (χ3n) is 6.26. The van der Waals surface area contributed by atoms with Crippen molar-refractivity contribution < 1.29 is 14.4 Å². The first-order chi connectivity index (χ1) is 15.5. The Morgan fingerprint density at radius 1 is 0.938 bits per heavy atom. The molecule has 0 spiro atoms. The van der Waals surface area contributed by atoms with Crippen LogP contribution in [0.2, 0.25) is 5.02 Å². The first-order valence-corrected chi connectivity index (χ1v) is 12.5. The molecule has 0 unspecified atom stereocenters. The molecule has 6 nitrogen and oxygen atoms in total. The van der Waals surface area contributed by atoms with Crippen LogP contribution in [0.25, 0.3) is 0 Å². The molecule has 2 fully saturated rings. The van der Waals surface area contributed by atoms with E-state index < -0.39 is 0 Å². The van der Waals surface area contributed by atoms with Gasteiger partial charge >= 0.3 is 0 Å². The van der Waals surface area contributed by atoms with E-state index >= 15 is 0 Å². The van der Waals surface area contributed by atoms with Gasteiger partial charge in [-0.1, -0.05) is 30.5 Å². The molecule has 3 amide bonds. The smallest absolute Gasteiger partial charge is 0.265 e. The highest BCUT2D eigenvalue weighted by Gasteiger charge is 2.31. The Balaban J connectivity index is 1.36. The third kappa shape index (κ3) is 5.33. The fraction of sp³-hybridized carbons (Fsp3) is 0.458. The van der Waals surface area contributed by atoms with Crippen molar-refractivity contribution in [2.45, 2.75) is 38.5 Å². The van der Waals surface area contributed by atoms with Crippen LogP contribution in [0.15, 0.2) is 35.7 Å². The summed E-state index contributed by atoms with van der Waals surface area (Å²) in [5.74, 6) is -0.0969. The monoisotopic (exact) mass is 473 g/mol. The molecule has 0 aliphatic carbocycles. The second-order valence-electron chi connectivity index (χ2n) is 8.43. The van der Waals surface area contributed by atoms with Gasteiger partial charge in [0.25, 0.3) is 11.8 Å². The van der Waals surface area contributed by atoms with Gasteiger partial charge in [-0.3, -0.25) is 14.4 Å². The molecular weight excluding hydrogens is 446 g/mol. The predicted molar refractivity (Wildman–Crippen MR) is 127 cm³/mol. The maximum absolute atomic E-state index is 13.1. The number of amides is 3. The number of carbonyl (C=O) groups is 3. The van der Waals surface area contributed by atoms with Crippen LogP contribution in [0.1, 0.15) is 58.6 Å². The fourth-order valence-electron chi connectivity index (χ4n) is 4.41. The Bertz CT molecular complexity index is 963. The number of piperidine rings is 1. The number of thiophene rings is 1. The van der Waals surface area contributed by atoms with Crippen LogP contribution in [0.5, 0.6) is 0 Å². The highest BCUT2D eigenvalue weighted by Crippen LogP contribution is 2.27. The molecule has 2 aromatic rings. The number of carbonyl (C=O) groups excluding carboxylic acids is 3. The number of nitrogens with one attached hydrogen (secondary N) is 1. The van der Waals surface area contributed by atoms with Crippen LogP contribution in [0.4, 0.5) is 5.69 Å². The molecule has 170 valence electrons. The minimum atomic E-state index is -0.251. The molecule has 4 rings (SSSR count). The Morgan fingerprint density at radius 2 is 1.66 bits per heavy atom. The van der Waals surface area contributed by atoms with Crippen LogP contribution in [0, 0.1) is 5.92 Å². The van der Waals surface area contributed by atoms with Gasteiger partial charge in [-0.2, -0.15) is 0 Å². The lowest BCUT2D eigenvalue weighted by atomic mass is 9.94. The molecule has 2 aliphatic heterocycles. The number of benzene rings is 1. The van der Waals surface area contributed by atoms with Gasteiger partial charge in [0, 0.05) is 37.7 Å². The molecule has 2 saturated heterocycles. The summed E-state index contributed by atoms with van der Waals surface area (Å²) >= 11 is 7.60. The van der Waals surface area contributed by atoms with E-state index in [1.807, 2.05) is 16.3 Å². The van der Waals surface area contributed by atoms with Gasteiger partial charge in [-0.25, -0.2) is 0 Å². The largest absolute Gasteiger partial charge is 0.342 e. The van der Waals surface area contributed by atoms with E-state index in [1.165, 1.54) is 24.2 Å². The summed E-state index contributed by atoms with van der Waals surface area (Å²) in [5.41, 5.74) is 0.898. The Labute approximate surface area is 197 Å². The molecule has 1 aromatic carbocycles. The standard InChI is InChI=1S/C24H28ClN3O3S/c25-19-8-7-18(16-20(19)26-22(29)21-6-5-15-32-21)24(31)28-13-9-17(10-14-28)23(30)27-11-3-1-2-4-12-27/h5-8,15-17H,1-4,9-14H2,(H,26,29). The fourth-order valence-corrected chi connectivity index (χ4v) is 5.19. The molecule has 1 N–H and O–H groups in total. The van der Waals surface area contributed by atoms with E-state index in [0.717, 1.165) is 25.9 Å². The van der Waals surface area contributed by atoms with Crippen molar-refractivity contribution in [2.24, 2.45) is 5.92 Å². The molecule has 0 radical (unpaired) electrons. The summed E-state index contributed by atoms with van der Waals surface area (Å²) in [6.07, 6.45) is 5.96. The Kier molecular flexibility index (Phi) is 7.48. The van der Waals surface area contributed by atoms with Crippen molar-refractivity contribution in [1.82, 2.24) is 9.80 Å². The summed E-state index contributed by atoms with van der Waals surface area (Å²) in [6.45, 7) is 2.84. The molecule has 0 saturated carbocycles. The first-order valence-electron chi connectivity index (χ1n) is 11.3. The van der Waals surface area contributed by atoms with Crippen molar-refractivity contribution in [3.63, 3.8) is 0 Å². The lowest BCUT2D eigenvalue weighted by molar-refractivity contribution is -0.136. The summed E-state index contributed by atoms with van der Waals surface area (Å²) in [6, 6.07) is 8.49. The lowest BCUT2D eigenvalue weighted by Gasteiger charge is -2.34. The molecular formula is C24H28ClN3O3S. The van der Waals surface area contributed by atoms with E-state index in [0.29, 0.717) is 47.1 Å². The molecule has 0 atom stereocenters. The molecule has 3 heterocycles. The highest BCUT2D eigenvalue weighted by atomic mass is 35.5. The number of hydrogen-bond donors (Lipinski definition) is 1. The van der Waals surface area contributed by atoms with E-state index in [2.05, 4.69) is 5.32 Å². The number of hydrogen-bond acceptors (Lipinski definition) is 4. The minimum absolute atomic E-state index is 0.00279. The molecule has 8 heteroatoms. The van der Waals surface area contributed by atoms with Crippen LogP contribution in [-0.4, -0.2) is 53.7 Å². The minimum Gasteiger partial charge on any atom is -0.342 e. The van der Waals surface area contributed by atoms with Gasteiger partial charge in [0.1, 0.15) is 0 Å². The van der Waals surface area contributed by atoms with Crippen LogP contribution in [-0.2, 0) is 4.79 Å². The van der Waals surface area contributed by atoms with Gasteiger partial charge in [0.05, 0.1) is 15.6 Å². The van der Waals surface area contributed by atoms with Crippen LogP contribution < -0.4 is 5.32 Å². The number of likely N-dealkylation sites (tertiary alicyclic amines) is 2. The number of nitrogens with zero attached hydrogens (tertiary/aromatic N) is 2. The van der Waals surface area contributed by atoms with Gasteiger partial charge in [-0.05, 0) is 55.3 Å². The van der Waals surface area contributed by atoms with Crippen molar-refractivity contribution in [1.29, 1.82) is 0 Å². The number of anilines is 1. The van der Waals surface area contributed by atoms with Crippen LogP contribution in [0.3, 0.4) is 0 Å². The zero-order chi connectivity index (χ0) is 22.5. The average molecular weight is 474 g/mol. The summed E-state index contributed by atoms with van der Waals surface area (Å²) in [7, 11) is 0. The summed E-state index contributed by atoms with van der Waals surface area (Å²) in [4.78, 5) is 42.7. The molecule has 0 bridgehead atoms. The predicted octanol–water partition coefficient (Wildman–Crippen LogP) is 4.91. The van der Waals surface area contributed by atoms with E-state index in [-0.39, 0.29) is 23.6 Å². The second kappa shape index (κ2) is 10.5. The van der Waals surface area contributed by atoms with E-state index in [1.54, 1.807) is 29.2 Å². The second-order valence-corrected chi connectivity index (χ2v) is 9.79. The summed E-state index contributed by atoms with van der Waals surface area (Å²) < 4.78 is 0. The maximum atomic E-state index is 13.1. The zero-order valence-electron chi connectivity index (χ0n) is 18.0. The van der Waals surface area contributed by atoms with Crippen molar-refractivity contribution >= 4 is 46.3 Å². The first kappa shape index (κ1) is 22.8.